The molecule has 0 radical (unpaired) electrons. The van der Waals surface area contributed by atoms with Crippen LogP contribution in [0.5, 0.6) is 5.75 Å². The Morgan fingerprint density at radius 2 is 2.09 bits per heavy atom. The van der Waals surface area contributed by atoms with Gasteiger partial charge in [0, 0.05) is 38.0 Å². The molecule has 1 atom stereocenters. The van der Waals surface area contributed by atoms with E-state index in [2.05, 4.69) is 10.3 Å². The second-order valence-electron chi connectivity index (χ2n) is 7.83. The Balaban J connectivity index is 1.60. The van der Waals surface area contributed by atoms with E-state index in [9.17, 15) is 9.59 Å². The fraction of sp³-hybridized carbons (Fsp3) is 0.292. The Bertz CT molecular complexity index is 1340. The SMILES string of the molecule is Cn1c(=O)c2c(OCc3ccncc3)c(C(=O)NCC3CCCO3)sc2c2ccccc21. The summed E-state index contributed by atoms with van der Waals surface area (Å²) in [5.74, 6) is 0.0792. The van der Waals surface area contributed by atoms with Crippen molar-refractivity contribution in [2.24, 2.45) is 7.05 Å². The van der Waals surface area contributed by atoms with Crippen molar-refractivity contribution in [3.8, 4) is 5.75 Å². The molecule has 4 heterocycles. The predicted molar refractivity (Wildman–Crippen MR) is 124 cm³/mol. The van der Waals surface area contributed by atoms with E-state index in [4.69, 9.17) is 9.47 Å². The lowest BCUT2D eigenvalue weighted by atomic mass is 10.1. The number of ether oxygens (including phenoxy) is 2. The van der Waals surface area contributed by atoms with Gasteiger partial charge in [0.2, 0.25) is 0 Å². The van der Waals surface area contributed by atoms with Crippen LogP contribution in [-0.4, -0.2) is 34.7 Å². The summed E-state index contributed by atoms with van der Waals surface area (Å²) in [4.78, 5) is 30.9. The molecule has 0 spiro atoms. The lowest BCUT2D eigenvalue weighted by Gasteiger charge is -2.12. The molecule has 0 aliphatic carbocycles. The van der Waals surface area contributed by atoms with Crippen molar-refractivity contribution < 1.29 is 14.3 Å². The summed E-state index contributed by atoms with van der Waals surface area (Å²) in [5, 5.41) is 4.33. The van der Waals surface area contributed by atoms with Gasteiger partial charge in [0.05, 0.1) is 16.3 Å². The Morgan fingerprint density at radius 3 is 2.88 bits per heavy atom. The maximum absolute atomic E-state index is 13.3. The highest BCUT2D eigenvalue weighted by Gasteiger charge is 2.26. The van der Waals surface area contributed by atoms with E-state index in [1.807, 2.05) is 36.4 Å². The number of thiophene rings is 1. The van der Waals surface area contributed by atoms with E-state index in [1.165, 1.54) is 11.3 Å². The van der Waals surface area contributed by atoms with E-state index in [0.717, 1.165) is 40.6 Å². The number of carbonyl (C=O) groups is 1. The number of nitrogens with one attached hydrogen (secondary N) is 1. The van der Waals surface area contributed by atoms with Gasteiger partial charge in [-0.05, 0) is 36.6 Å². The highest BCUT2D eigenvalue weighted by atomic mass is 32.1. The lowest BCUT2D eigenvalue weighted by Crippen LogP contribution is -2.31. The molecular weight excluding hydrogens is 426 g/mol. The zero-order valence-corrected chi connectivity index (χ0v) is 18.5. The third-order valence-electron chi connectivity index (χ3n) is 5.75. The first-order chi connectivity index (χ1) is 15.6. The second kappa shape index (κ2) is 8.72. The zero-order chi connectivity index (χ0) is 22.1. The number of rotatable bonds is 6. The number of nitrogens with zero attached hydrogens (tertiary/aromatic N) is 2. The first kappa shape index (κ1) is 20.7. The average Bonchev–Trinajstić information content (AvgIpc) is 3.48. The lowest BCUT2D eigenvalue weighted by molar-refractivity contribution is 0.0858. The largest absolute Gasteiger partial charge is 0.486 e. The zero-order valence-electron chi connectivity index (χ0n) is 17.7. The van der Waals surface area contributed by atoms with E-state index in [-0.39, 0.29) is 24.2 Å². The number of hydrogen-bond donors (Lipinski definition) is 1. The smallest absolute Gasteiger partial charge is 0.265 e. The predicted octanol–water partition coefficient (Wildman–Crippen LogP) is 3.64. The molecule has 32 heavy (non-hydrogen) atoms. The van der Waals surface area contributed by atoms with Crippen molar-refractivity contribution in [3.05, 3.63) is 69.6 Å². The van der Waals surface area contributed by atoms with Gasteiger partial charge in [-0.1, -0.05) is 18.2 Å². The number of aryl methyl sites for hydroxylation is 1. The molecular formula is C24H23N3O4S. The molecule has 4 aromatic rings. The number of aromatic nitrogens is 2. The minimum absolute atomic E-state index is 0.0308. The Morgan fingerprint density at radius 1 is 1.28 bits per heavy atom. The minimum atomic E-state index is -0.252. The molecule has 1 fully saturated rings. The van der Waals surface area contributed by atoms with Crippen LogP contribution in [0, 0.1) is 0 Å². The molecule has 1 amide bonds. The normalized spacial score (nSPS) is 16.0. The van der Waals surface area contributed by atoms with E-state index >= 15 is 0 Å². The Hall–Kier alpha value is -3.23. The fourth-order valence-electron chi connectivity index (χ4n) is 4.05. The van der Waals surface area contributed by atoms with Crippen LogP contribution >= 0.6 is 11.3 Å². The first-order valence-corrected chi connectivity index (χ1v) is 11.4. The van der Waals surface area contributed by atoms with Crippen molar-refractivity contribution in [1.82, 2.24) is 14.9 Å². The molecule has 0 bridgehead atoms. The third kappa shape index (κ3) is 3.76. The van der Waals surface area contributed by atoms with Gasteiger partial charge < -0.3 is 19.4 Å². The van der Waals surface area contributed by atoms with Gasteiger partial charge in [0.15, 0.2) is 5.75 Å². The number of carbonyl (C=O) groups excluding carboxylic acids is 1. The van der Waals surface area contributed by atoms with Crippen LogP contribution in [0.1, 0.15) is 28.1 Å². The number of pyridine rings is 2. The van der Waals surface area contributed by atoms with E-state index < -0.39 is 0 Å². The van der Waals surface area contributed by atoms with Gasteiger partial charge in [0.25, 0.3) is 11.5 Å². The molecule has 7 nitrogen and oxygen atoms in total. The van der Waals surface area contributed by atoms with Crippen molar-refractivity contribution in [2.75, 3.05) is 13.2 Å². The molecule has 1 unspecified atom stereocenters. The van der Waals surface area contributed by atoms with Crippen LogP contribution in [0.2, 0.25) is 0 Å². The van der Waals surface area contributed by atoms with Gasteiger partial charge in [-0.3, -0.25) is 14.6 Å². The van der Waals surface area contributed by atoms with Crippen molar-refractivity contribution in [2.45, 2.75) is 25.6 Å². The second-order valence-corrected chi connectivity index (χ2v) is 8.86. The van der Waals surface area contributed by atoms with Crippen molar-refractivity contribution >= 4 is 38.2 Å². The van der Waals surface area contributed by atoms with Crippen LogP contribution in [0.15, 0.2) is 53.6 Å². The molecule has 5 rings (SSSR count). The topological polar surface area (TPSA) is 82.5 Å². The van der Waals surface area contributed by atoms with Crippen LogP contribution in [0.4, 0.5) is 0 Å². The van der Waals surface area contributed by atoms with Gasteiger partial charge in [-0.2, -0.15) is 0 Å². The van der Waals surface area contributed by atoms with Gasteiger partial charge in [-0.15, -0.1) is 11.3 Å². The highest BCUT2D eigenvalue weighted by molar-refractivity contribution is 7.22. The van der Waals surface area contributed by atoms with Gasteiger partial charge >= 0.3 is 0 Å². The van der Waals surface area contributed by atoms with Gasteiger partial charge in [-0.25, -0.2) is 0 Å². The maximum atomic E-state index is 13.3. The van der Waals surface area contributed by atoms with Crippen molar-refractivity contribution in [3.63, 3.8) is 0 Å². The summed E-state index contributed by atoms with van der Waals surface area (Å²) in [7, 11) is 1.74. The maximum Gasteiger partial charge on any atom is 0.265 e. The number of para-hydroxylation sites is 1. The molecule has 1 aliphatic rings. The minimum Gasteiger partial charge on any atom is -0.486 e. The first-order valence-electron chi connectivity index (χ1n) is 10.6. The molecule has 1 N–H and O–H groups in total. The summed E-state index contributed by atoms with van der Waals surface area (Å²) < 4.78 is 14.1. The van der Waals surface area contributed by atoms with E-state index in [0.29, 0.717) is 22.6 Å². The quantitative estimate of drug-likeness (QED) is 0.486. The van der Waals surface area contributed by atoms with Gasteiger partial charge in [0.1, 0.15) is 16.9 Å². The number of fused-ring (bicyclic) bond motifs is 3. The standard InChI is InChI=1S/C24H23N3O4S/c1-27-18-7-3-2-6-17(18)21-19(24(27)29)20(31-14-15-8-10-25-11-9-15)22(32-21)23(28)26-13-16-5-4-12-30-16/h2-3,6-11,16H,4-5,12-14H2,1H3,(H,26,28). The van der Waals surface area contributed by atoms with Crippen LogP contribution < -0.4 is 15.6 Å². The van der Waals surface area contributed by atoms with Crippen LogP contribution in [-0.2, 0) is 18.4 Å². The van der Waals surface area contributed by atoms with Crippen molar-refractivity contribution in [1.29, 1.82) is 0 Å². The monoisotopic (exact) mass is 449 g/mol. The number of hydrogen-bond acceptors (Lipinski definition) is 6. The number of amides is 1. The fourth-order valence-corrected chi connectivity index (χ4v) is 5.24. The molecule has 1 aromatic carbocycles. The summed E-state index contributed by atoms with van der Waals surface area (Å²) in [6.45, 7) is 1.40. The highest BCUT2D eigenvalue weighted by Crippen LogP contribution is 2.40. The third-order valence-corrected chi connectivity index (χ3v) is 6.95. The summed E-state index contributed by atoms with van der Waals surface area (Å²) in [6.07, 6.45) is 5.34. The molecule has 1 aliphatic heterocycles. The average molecular weight is 450 g/mol. The molecule has 1 saturated heterocycles. The Labute approximate surface area is 188 Å². The molecule has 3 aromatic heterocycles. The van der Waals surface area contributed by atoms with E-state index in [1.54, 1.807) is 24.0 Å². The summed E-state index contributed by atoms with van der Waals surface area (Å²) in [6, 6.07) is 11.4. The van der Waals surface area contributed by atoms with Crippen LogP contribution in [0.3, 0.4) is 0 Å². The Kier molecular flexibility index (Phi) is 5.63. The number of benzene rings is 1. The molecule has 8 heteroatoms. The molecule has 164 valence electrons. The molecule has 0 saturated carbocycles. The summed E-state index contributed by atoms with van der Waals surface area (Å²) >= 11 is 1.30. The summed E-state index contributed by atoms with van der Waals surface area (Å²) in [5.41, 5.74) is 1.54. The van der Waals surface area contributed by atoms with Crippen LogP contribution in [0.25, 0.3) is 21.0 Å².